The van der Waals surface area contributed by atoms with Crippen LogP contribution in [0.15, 0.2) is 59.1 Å². The highest BCUT2D eigenvalue weighted by Gasteiger charge is 2.16. The fourth-order valence-electron chi connectivity index (χ4n) is 3.21. The third kappa shape index (κ3) is 5.26. The van der Waals surface area contributed by atoms with Crippen LogP contribution in [0.25, 0.3) is 22.6 Å². The van der Waals surface area contributed by atoms with Crippen molar-refractivity contribution in [2.45, 2.75) is 25.5 Å². The number of nitrogens with zero attached hydrogens (tertiary/aromatic N) is 5. The van der Waals surface area contributed by atoms with E-state index in [2.05, 4.69) is 26.6 Å². The van der Waals surface area contributed by atoms with E-state index in [-0.39, 0.29) is 17.3 Å². The minimum Gasteiger partial charge on any atom is -0.302 e. The summed E-state index contributed by atoms with van der Waals surface area (Å²) in [6.45, 7) is 4.72. The van der Waals surface area contributed by atoms with E-state index < -0.39 is 4.92 Å². The van der Waals surface area contributed by atoms with Gasteiger partial charge >= 0.3 is 0 Å². The number of amides is 1. The summed E-state index contributed by atoms with van der Waals surface area (Å²) in [4.78, 5) is 27.4. The predicted octanol–water partition coefficient (Wildman–Crippen LogP) is 5.04. The first-order valence-corrected chi connectivity index (χ1v) is 11.9. The van der Waals surface area contributed by atoms with Gasteiger partial charge in [0.1, 0.15) is 0 Å². The Morgan fingerprint density at radius 3 is 2.73 bits per heavy atom. The van der Waals surface area contributed by atoms with Crippen molar-refractivity contribution in [3.05, 3.63) is 69.6 Å². The van der Waals surface area contributed by atoms with E-state index in [1.807, 2.05) is 36.6 Å². The molecule has 0 spiro atoms. The third-order valence-corrected chi connectivity index (χ3v) is 6.47. The lowest BCUT2D eigenvalue weighted by molar-refractivity contribution is -0.384. The first-order chi connectivity index (χ1) is 15.9. The lowest BCUT2D eigenvalue weighted by Gasteiger charge is -2.07. The van der Waals surface area contributed by atoms with E-state index in [9.17, 15) is 14.9 Å². The van der Waals surface area contributed by atoms with Gasteiger partial charge in [0.05, 0.1) is 16.4 Å². The number of hydrogen-bond acceptors (Lipinski definition) is 8. The topological polar surface area (TPSA) is 116 Å². The fourth-order valence-corrected chi connectivity index (χ4v) is 4.74. The molecular formula is C22H20N6O3S2. The number of carbonyl (C=O) groups excluding carboxylic acids is 1. The second-order valence-electron chi connectivity index (χ2n) is 7.10. The van der Waals surface area contributed by atoms with Gasteiger partial charge in [-0.15, -0.1) is 21.5 Å². The van der Waals surface area contributed by atoms with Crippen LogP contribution in [-0.4, -0.2) is 36.3 Å². The highest BCUT2D eigenvalue weighted by Crippen LogP contribution is 2.28. The molecule has 9 nitrogen and oxygen atoms in total. The normalized spacial score (nSPS) is 10.8. The van der Waals surface area contributed by atoms with Crippen LogP contribution < -0.4 is 5.32 Å². The Balaban J connectivity index is 1.41. The van der Waals surface area contributed by atoms with Crippen molar-refractivity contribution in [2.75, 3.05) is 11.1 Å². The number of anilines is 1. The van der Waals surface area contributed by atoms with Gasteiger partial charge in [-0.1, -0.05) is 47.7 Å². The largest absolute Gasteiger partial charge is 0.302 e. The zero-order valence-corrected chi connectivity index (χ0v) is 19.5. The monoisotopic (exact) mass is 480 g/mol. The van der Waals surface area contributed by atoms with Crippen molar-refractivity contribution in [2.24, 2.45) is 0 Å². The molecule has 1 N–H and O–H groups in total. The van der Waals surface area contributed by atoms with Crippen molar-refractivity contribution < 1.29 is 9.72 Å². The Hall–Kier alpha value is -3.57. The van der Waals surface area contributed by atoms with Crippen molar-refractivity contribution >= 4 is 39.8 Å². The number of nitro groups is 1. The summed E-state index contributed by atoms with van der Waals surface area (Å²) in [7, 11) is 0. The van der Waals surface area contributed by atoms with Crippen molar-refractivity contribution in [1.29, 1.82) is 0 Å². The summed E-state index contributed by atoms with van der Waals surface area (Å²) in [5.41, 5.74) is 3.31. The number of non-ortho nitro benzene ring substituents is 1. The molecule has 0 bridgehead atoms. The number of aryl methyl sites for hydroxylation is 1. The van der Waals surface area contributed by atoms with Crippen LogP contribution in [0.4, 0.5) is 10.8 Å². The molecule has 0 saturated heterocycles. The maximum atomic E-state index is 12.5. The van der Waals surface area contributed by atoms with Gasteiger partial charge in [-0.05, 0) is 19.9 Å². The first-order valence-electron chi connectivity index (χ1n) is 10.1. The zero-order chi connectivity index (χ0) is 23.4. The molecule has 2 aromatic heterocycles. The van der Waals surface area contributed by atoms with Gasteiger partial charge in [-0.3, -0.25) is 14.9 Å². The van der Waals surface area contributed by atoms with Gasteiger partial charge in [-0.25, -0.2) is 4.98 Å². The SMILES string of the molecule is CCn1c(SCC(=O)Nc2nc(-c3cccc([N+](=O)[O-])c3)cs2)nnc1-c1cccc(C)c1. The molecular weight excluding hydrogens is 460 g/mol. The van der Waals surface area contributed by atoms with E-state index in [1.54, 1.807) is 17.5 Å². The molecule has 168 valence electrons. The Labute approximate surface area is 198 Å². The second-order valence-corrected chi connectivity index (χ2v) is 8.90. The predicted molar refractivity (Wildman–Crippen MR) is 129 cm³/mol. The van der Waals surface area contributed by atoms with Crippen molar-refractivity contribution in [1.82, 2.24) is 19.7 Å². The van der Waals surface area contributed by atoms with E-state index in [0.717, 1.165) is 17.0 Å². The molecule has 0 atom stereocenters. The van der Waals surface area contributed by atoms with Crippen LogP contribution in [0.2, 0.25) is 0 Å². The molecule has 33 heavy (non-hydrogen) atoms. The summed E-state index contributed by atoms with van der Waals surface area (Å²) < 4.78 is 1.98. The van der Waals surface area contributed by atoms with Crippen molar-refractivity contribution in [3.63, 3.8) is 0 Å². The lowest BCUT2D eigenvalue weighted by Crippen LogP contribution is -2.14. The molecule has 0 aliphatic carbocycles. The average Bonchev–Trinajstić information content (AvgIpc) is 3.44. The summed E-state index contributed by atoms with van der Waals surface area (Å²) in [5.74, 6) is 0.700. The number of carbonyl (C=O) groups is 1. The first kappa shape index (κ1) is 22.6. The number of thiazole rings is 1. The molecule has 0 aliphatic heterocycles. The quantitative estimate of drug-likeness (QED) is 0.213. The maximum absolute atomic E-state index is 12.5. The van der Waals surface area contributed by atoms with E-state index in [4.69, 9.17) is 0 Å². The zero-order valence-electron chi connectivity index (χ0n) is 17.9. The smallest absolute Gasteiger partial charge is 0.270 e. The molecule has 0 radical (unpaired) electrons. The van der Waals surface area contributed by atoms with Crippen molar-refractivity contribution in [3.8, 4) is 22.6 Å². The molecule has 0 saturated carbocycles. The number of rotatable bonds is 8. The van der Waals surface area contributed by atoms with Gasteiger partial charge in [0.25, 0.3) is 5.69 Å². The Bertz CT molecular complexity index is 1320. The molecule has 4 rings (SSSR count). The molecule has 0 aliphatic rings. The van der Waals surface area contributed by atoms with Gasteiger partial charge in [0.15, 0.2) is 16.1 Å². The molecule has 0 fully saturated rings. The summed E-state index contributed by atoms with van der Waals surface area (Å²) in [6, 6.07) is 14.3. The van der Waals surface area contributed by atoms with E-state index in [0.29, 0.717) is 28.1 Å². The van der Waals surface area contributed by atoms with Crippen LogP contribution in [-0.2, 0) is 11.3 Å². The molecule has 1 amide bonds. The van der Waals surface area contributed by atoms with Crippen LogP contribution in [0.5, 0.6) is 0 Å². The molecule has 4 aromatic rings. The lowest BCUT2D eigenvalue weighted by atomic mass is 10.1. The summed E-state index contributed by atoms with van der Waals surface area (Å²) in [5, 5.41) is 25.2. The van der Waals surface area contributed by atoms with Gasteiger partial charge in [0.2, 0.25) is 5.91 Å². The molecule has 0 unspecified atom stereocenters. The second kappa shape index (κ2) is 9.92. The number of nitro benzene ring substituents is 1. The van der Waals surface area contributed by atoms with Crippen LogP contribution in [0, 0.1) is 17.0 Å². The van der Waals surface area contributed by atoms with E-state index in [1.165, 1.54) is 35.2 Å². The molecule has 2 heterocycles. The summed E-state index contributed by atoms with van der Waals surface area (Å²) >= 11 is 2.57. The highest BCUT2D eigenvalue weighted by molar-refractivity contribution is 7.99. The minimum atomic E-state index is -0.449. The van der Waals surface area contributed by atoms with Crippen LogP contribution in [0.1, 0.15) is 12.5 Å². The fraction of sp³-hybridized carbons (Fsp3) is 0.182. The summed E-state index contributed by atoms with van der Waals surface area (Å²) in [6.07, 6.45) is 0. The Kier molecular flexibility index (Phi) is 6.80. The van der Waals surface area contributed by atoms with Gasteiger partial charge < -0.3 is 9.88 Å². The Morgan fingerprint density at radius 2 is 1.97 bits per heavy atom. The van der Waals surface area contributed by atoms with Crippen LogP contribution in [0.3, 0.4) is 0 Å². The maximum Gasteiger partial charge on any atom is 0.270 e. The minimum absolute atomic E-state index is 0.00689. The highest BCUT2D eigenvalue weighted by atomic mass is 32.2. The number of aromatic nitrogens is 4. The number of hydrogen-bond donors (Lipinski definition) is 1. The molecule has 2 aromatic carbocycles. The number of thioether (sulfide) groups is 1. The third-order valence-electron chi connectivity index (χ3n) is 4.74. The van der Waals surface area contributed by atoms with E-state index >= 15 is 0 Å². The van der Waals surface area contributed by atoms with Crippen LogP contribution >= 0.6 is 23.1 Å². The standard InChI is InChI=1S/C22H20N6O3S2/c1-3-27-20(16-8-4-6-14(2)10-16)25-26-22(27)33-13-19(29)24-21-23-18(12-32-21)15-7-5-9-17(11-15)28(30)31/h4-12H,3,13H2,1-2H3,(H,23,24,29). The van der Waals surface area contributed by atoms with Gasteiger partial charge in [0, 0.05) is 35.2 Å². The van der Waals surface area contributed by atoms with Gasteiger partial charge in [-0.2, -0.15) is 0 Å². The molecule has 11 heteroatoms. The number of benzene rings is 2. The number of nitrogens with one attached hydrogen (secondary N) is 1. The average molecular weight is 481 g/mol. The Morgan fingerprint density at radius 1 is 1.18 bits per heavy atom.